The van der Waals surface area contributed by atoms with Crippen LogP contribution in [0.15, 0.2) is 15.8 Å². The maximum Gasteiger partial charge on any atom is 0.330 e. The highest BCUT2D eigenvalue weighted by Crippen LogP contribution is 2.29. The number of nitrogens with zero attached hydrogens (tertiary/aromatic N) is 1. The zero-order valence-electron chi connectivity index (χ0n) is 12.0. The summed E-state index contributed by atoms with van der Waals surface area (Å²) in [4.78, 5) is 36.1. The van der Waals surface area contributed by atoms with Crippen LogP contribution in [0.4, 0.5) is 4.39 Å². The van der Waals surface area contributed by atoms with Crippen molar-refractivity contribution in [3.05, 3.63) is 32.9 Å². The number of aliphatic hydroxyl groups excluding tert-OH is 1. The van der Waals surface area contributed by atoms with Gasteiger partial charge in [-0.05, 0) is 6.42 Å². The lowest BCUT2D eigenvalue weighted by Crippen LogP contribution is -2.34. The fourth-order valence-electron chi connectivity index (χ4n) is 2.27. The van der Waals surface area contributed by atoms with Crippen LogP contribution >= 0.6 is 0 Å². The largest absolute Gasteiger partial charge is 0.459 e. The van der Waals surface area contributed by atoms with Crippen LogP contribution in [0.3, 0.4) is 0 Å². The summed E-state index contributed by atoms with van der Waals surface area (Å²) in [5.74, 6) is -1.56. The molecule has 1 fully saturated rings. The summed E-state index contributed by atoms with van der Waals surface area (Å²) >= 11 is 0. The van der Waals surface area contributed by atoms with Crippen molar-refractivity contribution >= 4 is 5.97 Å². The van der Waals surface area contributed by atoms with Gasteiger partial charge >= 0.3 is 11.7 Å². The van der Waals surface area contributed by atoms with Gasteiger partial charge in [-0.1, -0.05) is 6.92 Å². The lowest BCUT2D eigenvalue weighted by Gasteiger charge is -2.16. The second-order valence-corrected chi connectivity index (χ2v) is 4.97. The lowest BCUT2D eigenvalue weighted by molar-refractivity contribution is -0.153. The molecule has 0 aliphatic carbocycles. The number of ether oxygens (including phenoxy) is 2. The van der Waals surface area contributed by atoms with Gasteiger partial charge in [0.15, 0.2) is 0 Å². The summed E-state index contributed by atoms with van der Waals surface area (Å²) in [5.41, 5.74) is -1.96. The molecule has 3 atom stereocenters. The predicted octanol–water partition coefficient (Wildman–Crippen LogP) is -0.333. The fourth-order valence-corrected chi connectivity index (χ4v) is 2.27. The molecular formula is C13H17FN2O6. The topological polar surface area (TPSA) is 111 Å². The van der Waals surface area contributed by atoms with Crippen LogP contribution in [0, 0.1) is 5.82 Å². The van der Waals surface area contributed by atoms with E-state index in [0.717, 1.165) is 10.8 Å². The zero-order chi connectivity index (χ0) is 16.3. The van der Waals surface area contributed by atoms with Gasteiger partial charge in [0, 0.05) is 12.8 Å². The van der Waals surface area contributed by atoms with E-state index in [4.69, 9.17) is 9.47 Å². The Balaban J connectivity index is 2.18. The molecule has 0 amide bonds. The first kappa shape index (κ1) is 16.4. The van der Waals surface area contributed by atoms with Gasteiger partial charge in [-0.3, -0.25) is 19.1 Å². The summed E-state index contributed by atoms with van der Waals surface area (Å²) in [5, 5.41) is 9.28. The monoisotopic (exact) mass is 316 g/mol. The molecule has 8 nitrogen and oxygen atoms in total. The summed E-state index contributed by atoms with van der Waals surface area (Å²) in [6, 6.07) is 0. The fraction of sp³-hybridized carbons (Fsp3) is 0.615. The molecule has 1 unspecified atom stereocenters. The number of aromatic amines is 1. The molecule has 0 aromatic carbocycles. The van der Waals surface area contributed by atoms with Crippen molar-refractivity contribution in [2.45, 2.75) is 44.6 Å². The van der Waals surface area contributed by atoms with Gasteiger partial charge in [0.05, 0.1) is 12.8 Å². The Bertz CT molecular complexity index is 655. The van der Waals surface area contributed by atoms with E-state index in [0.29, 0.717) is 6.42 Å². The summed E-state index contributed by atoms with van der Waals surface area (Å²) in [7, 11) is 0. The van der Waals surface area contributed by atoms with Crippen LogP contribution in [0.2, 0.25) is 0 Å². The third-order valence-corrected chi connectivity index (χ3v) is 3.33. The lowest BCUT2D eigenvalue weighted by atomic mass is 10.2. The average Bonchev–Trinajstić information content (AvgIpc) is 2.85. The van der Waals surface area contributed by atoms with Gasteiger partial charge in [0.1, 0.15) is 18.4 Å². The first-order valence-corrected chi connectivity index (χ1v) is 6.93. The molecule has 2 rings (SSSR count). The number of hydrogen-bond acceptors (Lipinski definition) is 6. The van der Waals surface area contributed by atoms with Crippen molar-refractivity contribution < 1.29 is 23.8 Å². The molecule has 1 aromatic rings. The van der Waals surface area contributed by atoms with Crippen molar-refractivity contribution in [1.82, 2.24) is 9.55 Å². The molecular weight excluding hydrogens is 299 g/mol. The van der Waals surface area contributed by atoms with Crippen molar-refractivity contribution in [2.24, 2.45) is 0 Å². The molecule has 0 radical (unpaired) electrons. The van der Waals surface area contributed by atoms with E-state index in [-0.39, 0.29) is 12.8 Å². The normalized spacial score (nSPS) is 24.4. The number of carbonyl (C=O) groups is 1. The third-order valence-electron chi connectivity index (χ3n) is 3.33. The van der Waals surface area contributed by atoms with Gasteiger partial charge in [-0.2, -0.15) is 4.39 Å². The van der Waals surface area contributed by atoms with Crippen LogP contribution in [0.5, 0.6) is 0 Å². The van der Waals surface area contributed by atoms with E-state index in [9.17, 15) is 23.9 Å². The molecule has 0 bridgehead atoms. The number of H-pyrrole nitrogens is 1. The second kappa shape index (κ2) is 6.84. The maximum absolute atomic E-state index is 13.3. The van der Waals surface area contributed by atoms with Gasteiger partial charge < -0.3 is 14.6 Å². The summed E-state index contributed by atoms with van der Waals surface area (Å²) < 4.78 is 24.8. The number of hydrogen-bond donors (Lipinski definition) is 2. The molecule has 1 aliphatic heterocycles. The van der Waals surface area contributed by atoms with E-state index < -0.39 is 48.1 Å². The quantitative estimate of drug-likeness (QED) is 0.720. The van der Waals surface area contributed by atoms with Crippen molar-refractivity contribution in [3.8, 4) is 0 Å². The van der Waals surface area contributed by atoms with Crippen LogP contribution in [-0.2, 0) is 14.3 Å². The highest BCUT2D eigenvalue weighted by atomic mass is 19.1. The number of aromatic nitrogens is 2. The standard InChI is InChI=1S/C13H17FN2O6/c1-2-3-11(18)22-8-4-10(21-9(8)6-17)16-5-7(14)12(19)15-13(16)20/h5,8-10,17H,2-4,6H2,1H3,(H,15,19,20)/t8?,9-,10-/m0/s1. The molecule has 9 heteroatoms. The van der Waals surface area contributed by atoms with Crippen molar-refractivity contribution in [3.63, 3.8) is 0 Å². The number of aliphatic hydroxyl groups is 1. The molecule has 122 valence electrons. The number of nitrogens with one attached hydrogen (secondary N) is 1. The first-order chi connectivity index (χ1) is 10.5. The minimum absolute atomic E-state index is 0.0755. The minimum Gasteiger partial charge on any atom is -0.459 e. The van der Waals surface area contributed by atoms with E-state index in [1.807, 2.05) is 11.9 Å². The SMILES string of the molecule is CCCC(=O)OC1C[C@@H](n2cc(F)c(=O)[nH]c2=O)O[C@H]1CO. The molecule has 0 spiro atoms. The molecule has 0 saturated carbocycles. The van der Waals surface area contributed by atoms with Crippen LogP contribution in [0.25, 0.3) is 0 Å². The second-order valence-electron chi connectivity index (χ2n) is 4.97. The van der Waals surface area contributed by atoms with Crippen molar-refractivity contribution in [1.29, 1.82) is 0 Å². The third kappa shape index (κ3) is 3.42. The average molecular weight is 316 g/mol. The van der Waals surface area contributed by atoms with E-state index >= 15 is 0 Å². The van der Waals surface area contributed by atoms with E-state index in [1.54, 1.807) is 0 Å². The van der Waals surface area contributed by atoms with Crippen LogP contribution in [0.1, 0.15) is 32.4 Å². The Kier molecular flexibility index (Phi) is 5.09. The Morgan fingerprint density at radius 1 is 1.59 bits per heavy atom. The van der Waals surface area contributed by atoms with Gasteiger partial charge in [-0.15, -0.1) is 0 Å². The van der Waals surface area contributed by atoms with Crippen LogP contribution < -0.4 is 11.2 Å². The van der Waals surface area contributed by atoms with Crippen LogP contribution in [-0.4, -0.2) is 39.4 Å². The smallest absolute Gasteiger partial charge is 0.330 e. The highest BCUT2D eigenvalue weighted by Gasteiger charge is 2.39. The molecule has 2 N–H and O–H groups in total. The van der Waals surface area contributed by atoms with E-state index in [2.05, 4.69) is 0 Å². The Labute approximate surface area is 124 Å². The zero-order valence-corrected chi connectivity index (χ0v) is 12.0. The van der Waals surface area contributed by atoms with Gasteiger partial charge in [0.2, 0.25) is 5.82 Å². The molecule has 1 aromatic heterocycles. The molecule has 22 heavy (non-hydrogen) atoms. The number of carbonyl (C=O) groups excluding carboxylic acids is 1. The first-order valence-electron chi connectivity index (χ1n) is 6.93. The molecule has 1 aliphatic rings. The Morgan fingerprint density at radius 2 is 2.32 bits per heavy atom. The Hall–Kier alpha value is -2.00. The Morgan fingerprint density at radius 3 is 2.95 bits per heavy atom. The number of esters is 1. The molecule has 2 heterocycles. The van der Waals surface area contributed by atoms with Gasteiger partial charge in [-0.25, -0.2) is 4.79 Å². The van der Waals surface area contributed by atoms with Gasteiger partial charge in [0.25, 0.3) is 5.56 Å². The predicted molar refractivity (Wildman–Crippen MR) is 71.7 cm³/mol. The van der Waals surface area contributed by atoms with Crippen molar-refractivity contribution in [2.75, 3.05) is 6.61 Å². The molecule has 1 saturated heterocycles. The maximum atomic E-state index is 13.3. The summed E-state index contributed by atoms with van der Waals surface area (Å²) in [6.45, 7) is 1.41. The van der Waals surface area contributed by atoms with E-state index in [1.165, 1.54) is 0 Å². The highest BCUT2D eigenvalue weighted by molar-refractivity contribution is 5.69. The summed E-state index contributed by atoms with van der Waals surface area (Å²) in [6.07, 6.45) is -0.835. The number of halogens is 1. The minimum atomic E-state index is -1.13. The number of rotatable bonds is 5.